The third-order valence-electron chi connectivity index (χ3n) is 6.37. The molecule has 164 valence electrons. The number of primary amides is 1. The van der Waals surface area contributed by atoms with Crippen LogP contribution >= 0.6 is 11.8 Å². The van der Waals surface area contributed by atoms with Crippen LogP contribution in [0.15, 0.2) is 0 Å². The van der Waals surface area contributed by atoms with Crippen molar-refractivity contribution < 1.29 is 9.59 Å². The van der Waals surface area contributed by atoms with Crippen molar-refractivity contribution in [3.63, 3.8) is 0 Å². The minimum atomic E-state index is -0.554. The van der Waals surface area contributed by atoms with E-state index in [1.165, 1.54) is 0 Å². The number of hydrogen-bond donors (Lipinski definition) is 3. The van der Waals surface area contributed by atoms with Crippen LogP contribution in [-0.2, 0) is 9.59 Å². The molecule has 0 heterocycles. The topological polar surface area (TPSA) is 98.2 Å². The Morgan fingerprint density at radius 1 is 1.21 bits per heavy atom. The summed E-state index contributed by atoms with van der Waals surface area (Å²) in [4.78, 5) is 25.5. The third kappa shape index (κ3) is 6.94. The maximum absolute atomic E-state index is 12.8. The fourth-order valence-electron chi connectivity index (χ4n) is 5.09. The highest BCUT2D eigenvalue weighted by Crippen LogP contribution is 2.50. The molecule has 1 aliphatic rings. The molecular formula is C22H43N3O2S. The second kappa shape index (κ2) is 11.4. The Morgan fingerprint density at radius 2 is 1.86 bits per heavy atom. The smallest absolute Gasteiger partial charge is 0.237 e. The number of carbonyl (C=O) groups is 2. The molecule has 5 atom stereocenters. The first-order chi connectivity index (χ1) is 13.0. The average molecular weight is 414 g/mol. The molecule has 28 heavy (non-hydrogen) atoms. The number of nitrogens with one attached hydrogen (secondary N) is 1. The third-order valence-corrected chi connectivity index (χ3v) is 7.02. The van der Waals surface area contributed by atoms with Crippen molar-refractivity contribution in [3.05, 3.63) is 0 Å². The van der Waals surface area contributed by atoms with Gasteiger partial charge in [0.1, 0.15) is 0 Å². The number of hydrogen-bond acceptors (Lipinski definition) is 4. The van der Waals surface area contributed by atoms with Crippen LogP contribution in [0, 0.1) is 29.1 Å². The van der Waals surface area contributed by atoms with E-state index in [-0.39, 0.29) is 23.8 Å². The number of carbonyl (C=O) groups excluding carboxylic acids is 2. The maximum Gasteiger partial charge on any atom is 0.237 e. The lowest BCUT2D eigenvalue weighted by atomic mass is 9.57. The summed E-state index contributed by atoms with van der Waals surface area (Å²) in [5.74, 6) is 2.09. The van der Waals surface area contributed by atoms with Gasteiger partial charge in [0.25, 0.3) is 0 Å². The molecule has 2 amide bonds. The molecule has 1 aliphatic carbocycles. The maximum atomic E-state index is 12.8. The van der Waals surface area contributed by atoms with Gasteiger partial charge in [-0.05, 0) is 67.8 Å². The molecule has 1 saturated carbocycles. The summed E-state index contributed by atoms with van der Waals surface area (Å²) in [6.45, 7) is 10.9. The number of thioether (sulfide) groups is 1. The van der Waals surface area contributed by atoms with Crippen molar-refractivity contribution in [1.29, 1.82) is 0 Å². The van der Waals surface area contributed by atoms with Gasteiger partial charge in [0.05, 0.1) is 11.5 Å². The predicted molar refractivity (Wildman–Crippen MR) is 120 cm³/mol. The zero-order chi connectivity index (χ0) is 21.5. The molecule has 1 rings (SSSR count). The molecule has 6 heteroatoms. The predicted octanol–water partition coefficient (Wildman–Crippen LogP) is 3.55. The first-order valence-electron chi connectivity index (χ1n) is 10.9. The monoisotopic (exact) mass is 413 g/mol. The summed E-state index contributed by atoms with van der Waals surface area (Å²) < 4.78 is 0. The lowest BCUT2D eigenvalue weighted by molar-refractivity contribution is -0.139. The van der Waals surface area contributed by atoms with Crippen LogP contribution < -0.4 is 16.8 Å². The Balaban J connectivity index is 3.07. The molecular weight excluding hydrogens is 370 g/mol. The number of amides is 2. The Kier molecular flexibility index (Phi) is 10.3. The van der Waals surface area contributed by atoms with E-state index < -0.39 is 11.5 Å². The zero-order valence-corrected chi connectivity index (χ0v) is 19.6. The molecule has 1 fully saturated rings. The highest BCUT2D eigenvalue weighted by atomic mass is 32.2. The molecule has 0 saturated heterocycles. The molecule has 3 unspecified atom stereocenters. The van der Waals surface area contributed by atoms with E-state index in [4.69, 9.17) is 11.5 Å². The zero-order valence-electron chi connectivity index (χ0n) is 18.8. The van der Waals surface area contributed by atoms with E-state index in [2.05, 4.69) is 39.9 Å². The number of nitrogens with two attached hydrogens (primary N) is 2. The van der Waals surface area contributed by atoms with Gasteiger partial charge in [-0.15, -0.1) is 0 Å². The Labute approximate surface area is 176 Å². The molecule has 0 aromatic heterocycles. The first kappa shape index (κ1) is 25.3. The van der Waals surface area contributed by atoms with Gasteiger partial charge in [-0.1, -0.05) is 41.0 Å². The average Bonchev–Trinajstić information content (AvgIpc) is 2.58. The van der Waals surface area contributed by atoms with E-state index in [1.807, 2.05) is 6.26 Å². The molecule has 0 aromatic rings. The van der Waals surface area contributed by atoms with Gasteiger partial charge in [-0.3, -0.25) is 9.59 Å². The van der Waals surface area contributed by atoms with Crippen molar-refractivity contribution in [2.45, 2.75) is 85.2 Å². The second-order valence-electron chi connectivity index (χ2n) is 9.68. The molecule has 5 nitrogen and oxygen atoms in total. The highest BCUT2D eigenvalue weighted by molar-refractivity contribution is 7.98. The van der Waals surface area contributed by atoms with Crippen LogP contribution in [0.3, 0.4) is 0 Å². The highest BCUT2D eigenvalue weighted by Gasteiger charge is 2.49. The van der Waals surface area contributed by atoms with Crippen LogP contribution in [0.25, 0.3) is 0 Å². The quantitative estimate of drug-likeness (QED) is 0.482. The van der Waals surface area contributed by atoms with Crippen molar-refractivity contribution in [3.8, 4) is 0 Å². The van der Waals surface area contributed by atoms with Crippen LogP contribution in [0.2, 0.25) is 0 Å². The summed E-state index contributed by atoms with van der Waals surface area (Å²) in [7, 11) is 0. The van der Waals surface area contributed by atoms with Gasteiger partial charge in [-0.25, -0.2) is 0 Å². The Bertz CT molecular complexity index is 512. The van der Waals surface area contributed by atoms with E-state index in [9.17, 15) is 9.59 Å². The van der Waals surface area contributed by atoms with Gasteiger partial charge < -0.3 is 16.8 Å². The van der Waals surface area contributed by atoms with Crippen molar-refractivity contribution in [1.82, 2.24) is 5.32 Å². The molecule has 0 aromatic carbocycles. The van der Waals surface area contributed by atoms with Gasteiger partial charge in [-0.2, -0.15) is 11.8 Å². The SMILES string of the molecule is CSCC[C@H](N)C(=O)N[C@@H](CC(C)C)CC1(C(N)=O)CC(C)CCC1C(C)C. The normalized spacial score (nSPS) is 27.6. The largest absolute Gasteiger partial charge is 0.369 e. The summed E-state index contributed by atoms with van der Waals surface area (Å²) in [5.41, 5.74) is 11.6. The van der Waals surface area contributed by atoms with E-state index >= 15 is 0 Å². The minimum absolute atomic E-state index is 0.0770. The summed E-state index contributed by atoms with van der Waals surface area (Å²) in [6.07, 6.45) is 7.10. The van der Waals surface area contributed by atoms with Crippen LogP contribution in [0.1, 0.15) is 73.1 Å². The van der Waals surface area contributed by atoms with E-state index in [1.54, 1.807) is 11.8 Å². The second-order valence-corrected chi connectivity index (χ2v) is 10.7. The molecule has 0 bridgehead atoms. The minimum Gasteiger partial charge on any atom is -0.369 e. The molecule has 0 aliphatic heterocycles. The lowest BCUT2D eigenvalue weighted by Crippen LogP contribution is -2.54. The van der Waals surface area contributed by atoms with Crippen molar-refractivity contribution in [2.24, 2.45) is 40.6 Å². The molecule has 0 spiro atoms. The Hall–Kier alpha value is -0.750. The fraction of sp³-hybridized carbons (Fsp3) is 0.909. The van der Waals surface area contributed by atoms with Crippen LogP contribution in [0.4, 0.5) is 0 Å². The van der Waals surface area contributed by atoms with E-state index in [0.29, 0.717) is 30.6 Å². The molecule has 5 N–H and O–H groups in total. The van der Waals surface area contributed by atoms with Crippen LogP contribution in [-0.4, -0.2) is 35.9 Å². The lowest BCUT2D eigenvalue weighted by Gasteiger charge is -2.48. The van der Waals surface area contributed by atoms with E-state index in [0.717, 1.165) is 31.4 Å². The first-order valence-corrected chi connectivity index (χ1v) is 12.3. The van der Waals surface area contributed by atoms with Gasteiger partial charge in [0.15, 0.2) is 0 Å². The number of rotatable bonds is 11. The Morgan fingerprint density at radius 3 is 2.36 bits per heavy atom. The standard InChI is InChI=1S/C22H43N3O2S/c1-14(2)11-17(25-20(26)19(23)9-10-28-6)13-22(21(24)27)12-16(5)7-8-18(22)15(3)4/h14-19H,7-13,23H2,1-6H3,(H2,24,27)(H,25,26)/t16?,17-,18?,19-,22?/m0/s1. The molecule has 0 radical (unpaired) electrons. The van der Waals surface area contributed by atoms with Gasteiger partial charge >= 0.3 is 0 Å². The summed E-state index contributed by atoms with van der Waals surface area (Å²) >= 11 is 1.69. The van der Waals surface area contributed by atoms with Gasteiger partial charge in [0, 0.05) is 6.04 Å². The van der Waals surface area contributed by atoms with Crippen LogP contribution in [0.5, 0.6) is 0 Å². The van der Waals surface area contributed by atoms with Gasteiger partial charge in [0.2, 0.25) is 11.8 Å². The van der Waals surface area contributed by atoms with Crippen molar-refractivity contribution in [2.75, 3.05) is 12.0 Å². The fourth-order valence-corrected chi connectivity index (χ4v) is 5.58. The summed E-state index contributed by atoms with van der Waals surface area (Å²) in [6, 6.07) is -0.579. The van der Waals surface area contributed by atoms with Crippen molar-refractivity contribution >= 4 is 23.6 Å². The summed E-state index contributed by atoms with van der Waals surface area (Å²) in [5, 5.41) is 3.18.